The number of aliphatic hydroxyl groups is 1. The Balaban J connectivity index is 0.000000551. The van der Waals surface area contributed by atoms with Crippen LogP contribution in [0.25, 0.3) is 5.57 Å². The molecule has 1 aliphatic heterocycles. The van der Waals surface area contributed by atoms with Gasteiger partial charge in [-0.1, -0.05) is 114 Å². The number of rotatable bonds is 8. The van der Waals surface area contributed by atoms with Crippen molar-refractivity contribution in [2.24, 2.45) is 0 Å². The lowest BCUT2D eigenvalue weighted by Crippen LogP contribution is -2.28. The van der Waals surface area contributed by atoms with E-state index in [1.54, 1.807) is 4.90 Å². The highest BCUT2D eigenvalue weighted by Gasteiger charge is 2.31. The maximum Gasteiger partial charge on any atom is 0.266 e. The number of thiocarbonyl (C=S) groups is 1. The number of hydrogen-bond acceptors (Lipinski definition) is 4. The first kappa shape index (κ1) is 29.9. The Labute approximate surface area is 216 Å². The highest BCUT2D eigenvalue weighted by Crippen LogP contribution is 2.35. The number of hydrogen-bond donors (Lipinski definition) is 1. The first-order valence-corrected chi connectivity index (χ1v) is 13.6. The van der Waals surface area contributed by atoms with E-state index < -0.39 is 0 Å². The van der Waals surface area contributed by atoms with Crippen LogP contribution in [-0.2, 0) is 11.2 Å². The number of aliphatic hydroxyl groups excluding tert-OH is 1. The minimum atomic E-state index is 0.0507. The summed E-state index contributed by atoms with van der Waals surface area (Å²) in [6, 6.07) is 6.68. The van der Waals surface area contributed by atoms with Gasteiger partial charge < -0.3 is 5.11 Å². The minimum absolute atomic E-state index is 0.0507. The monoisotopic (exact) mass is 499 g/mol. The lowest BCUT2D eigenvalue weighted by atomic mass is 9.97. The molecule has 3 rings (SSSR count). The molecule has 0 aromatic heterocycles. The molecule has 186 valence electrons. The Morgan fingerprint density at radius 1 is 1.12 bits per heavy atom. The molecule has 0 bridgehead atoms. The van der Waals surface area contributed by atoms with Gasteiger partial charge in [0.25, 0.3) is 5.91 Å². The zero-order valence-electron chi connectivity index (χ0n) is 21.5. The van der Waals surface area contributed by atoms with Crippen molar-refractivity contribution in [3.63, 3.8) is 0 Å². The summed E-state index contributed by atoms with van der Waals surface area (Å²) >= 11 is 6.75. The van der Waals surface area contributed by atoms with Crippen LogP contribution < -0.4 is 0 Å². The van der Waals surface area contributed by atoms with Crippen molar-refractivity contribution in [2.45, 2.75) is 79.6 Å². The molecule has 0 radical (unpaired) electrons. The van der Waals surface area contributed by atoms with Gasteiger partial charge in [0.15, 0.2) is 0 Å². The summed E-state index contributed by atoms with van der Waals surface area (Å²) in [5.41, 5.74) is 6.50. The molecule has 1 aliphatic carbocycles. The maximum atomic E-state index is 12.5. The van der Waals surface area contributed by atoms with E-state index in [4.69, 9.17) is 17.3 Å². The second kappa shape index (κ2) is 16.5. The molecule has 0 spiro atoms. The van der Waals surface area contributed by atoms with Gasteiger partial charge in [0, 0.05) is 6.54 Å². The molecule has 1 aromatic rings. The lowest BCUT2D eigenvalue weighted by Gasteiger charge is -2.12. The van der Waals surface area contributed by atoms with Crippen molar-refractivity contribution in [3.05, 3.63) is 76.4 Å². The van der Waals surface area contributed by atoms with Crippen molar-refractivity contribution in [2.75, 3.05) is 6.54 Å². The van der Waals surface area contributed by atoms with Crippen LogP contribution in [0.3, 0.4) is 0 Å². The highest BCUT2D eigenvalue weighted by atomic mass is 32.2. The van der Waals surface area contributed by atoms with Crippen LogP contribution in [0.2, 0.25) is 0 Å². The molecule has 2 aliphatic rings. The van der Waals surface area contributed by atoms with Crippen LogP contribution in [-0.4, -0.2) is 26.8 Å². The van der Waals surface area contributed by atoms with Gasteiger partial charge in [0.2, 0.25) is 0 Å². The summed E-state index contributed by atoms with van der Waals surface area (Å²) in [4.78, 5) is 14.9. The molecule has 1 saturated heterocycles. The molecule has 1 fully saturated rings. The van der Waals surface area contributed by atoms with E-state index in [0.717, 1.165) is 30.4 Å². The van der Waals surface area contributed by atoms with Crippen molar-refractivity contribution >= 4 is 39.8 Å². The first-order chi connectivity index (χ1) is 16.4. The summed E-state index contributed by atoms with van der Waals surface area (Å²) in [5, 5.41) is 7.33. The van der Waals surface area contributed by atoms with E-state index in [2.05, 4.69) is 71.5 Å². The predicted molar refractivity (Wildman–Crippen MR) is 154 cm³/mol. The number of carbonyl (C=O) groups is 1. The lowest BCUT2D eigenvalue weighted by molar-refractivity contribution is -0.122. The number of aryl methyl sites for hydroxylation is 2. The molecule has 1 aromatic carbocycles. The van der Waals surface area contributed by atoms with Crippen LogP contribution in [0.4, 0.5) is 0 Å². The van der Waals surface area contributed by atoms with Gasteiger partial charge in [0.05, 0.1) is 11.2 Å². The van der Waals surface area contributed by atoms with Crippen LogP contribution >= 0.6 is 24.0 Å². The molecule has 0 atom stereocenters. The van der Waals surface area contributed by atoms with Crippen LogP contribution in [0, 0.1) is 6.92 Å². The highest BCUT2D eigenvalue weighted by molar-refractivity contribution is 8.26. The van der Waals surface area contributed by atoms with Crippen LogP contribution in [0.5, 0.6) is 0 Å². The van der Waals surface area contributed by atoms with Gasteiger partial charge in [-0.25, -0.2) is 0 Å². The van der Waals surface area contributed by atoms with Crippen molar-refractivity contribution in [1.29, 1.82) is 0 Å². The second-order valence-corrected chi connectivity index (χ2v) is 10.0. The number of benzene rings is 1. The molecule has 5 heteroatoms. The van der Waals surface area contributed by atoms with Gasteiger partial charge in [0.1, 0.15) is 4.32 Å². The summed E-state index contributed by atoms with van der Waals surface area (Å²) < 4.78 is 0.677. The zero-order chi connectivity index (χ0) is 25.5. The maximum absolute atomic E-state index is 12.5. The van der Waals surface area contributed by atoms with E-state index in [1.165, 1.54) is 65.3 Å². The molecule has 0 saturated carbocycles. The fraction of sp³-hybridized carbons (Fsp3) is 0.448. The fourth-order valence-corrected chi connectivity index (χ4v) is 5.00. The molecule has 3 nitrogen and oxygen atoms in total. The van der Waals surface area contributed by atoms with Crippen LogP contribution in [0.15, 0.2) is 59.7 Å². The van der Waals surface area contributed by atoms with Gasteiger partial charge >= 0.3 is 0 Å². The van der Waals surface area contributed by atoms with Gasteiger partial charge in [-0.05, 0) is 60.1 Å². The summed E-state index contributed by atoms with van der Waals surface area (Å²) in [5.74, 6) is 0.0507. The van der Waals surface area contributed by atoms with E-state index in [1.807, 2.05) is 6.08 Å². The molecular formula is C29H41NO2S2. The third kappa shape index (κ3) is 9.27. The Morgan fingerprint density at radius 2 is 1.76 bits per heavy atom. The topological polar surface area (TPSA) is 40.5 Å². The van der Waals surface area contributed by atoms with E-state index in [9.17, 15) is 4.79 Å². The standard InChI is InChI=1S/C21H23NOS2.C6H14.C2H4O/c1-4-10-22-20(23)19(25-21(22)24)12-15-7-9-17(11-15)18-8-6-14(3)16(5-2)13-18;1-3-5-6-4-2;1-2-3/h6-9,12-13H,4-5,10-11H2,1-3H3;3-6H2,1-2H3;2-3H,1H2/b19-12+;;. The summed E-state index contributed by atoms with van der Waals surface area (Å²) in [7, 11) is 0. The third-order valence-electron chi connectivity index (χ3n) is 5.59. The van der Waals surface area contributed by atoms with Gasteiger partial charge in [-0.2, -0.15) is 0 Å². The van der Waals surface area contributed by atoms with Crippen molar-refractivity contribution < 1.29 is 9.90 Å². The van der Waals surface area contributed by atoms with E-state index in [0.29, 0.717) is 10.9 Å². The predicted octanol–water partition coefficient (Wildman–Crippen LogP) is 8.70. The fourth-order valence-electron chi connectivity index (χ4n) is 3.68. The summed E-state index contributed by atoms with van der Waals surface area (Å²) in [6.45, 7) is 14.5. The Kier molecular flexibility index (Phi) is 14.5. The molecule has 0 unspecified atom stereocenters. The first-order valence-electron chi connectivity index (χ1n) is 12.4. The third-order valence-corrected chi connectivity index (χ3v) is 6.97. The number of unbranched alkanes of at least 4 members (excludes halogenated alkanes) is 3. The Morgan fingerprint density at radius 3 is 2.32 bits per heavy atom. The van der Waals surface area contributed by atoms with Gasteiger partial charge in [-0.15, -0.1) is 0 Å². The normalized spacial score (nSPS) is 15.9. The number of amides is 1. The SMILES string of the molecule is C=CO.CCCCCC.CCCN1C(=O)/C(=C\C2=CC=C(c3ccc(C)c(CC)c3)C2)SC1=S. The van der Waals surface area contributed by atoms with Crippen molar-refractivity contribution in [3.8, 4) is 0 Å². The minimum Gasteiger partial charge on any atom is -0.516 e. The number of thioether (sulfide) groups is 1. The molecular weight excluding hydrogens is 458 g/mol. The number of allylic oxidation sites excluding steroid dienone is 5. The molecule has 34 heavy (non-hydrogen) atoms. The largest absolute Gasteiger partial charge is 0.516 e. The quantitative estimate of drug-likeness (QED) is 0.168. The number of nitrogens with zero attached hydrogens (tertiary/aromatic N) is 1. The number of carbonyl (C=O) groups excluding carboxylic acids is 1. The Hall–Kier alpha value is -2.11. The van der Waals surface area contributed by atoms with E-state index >= 15 is 0 Å². The average Bonchev–Trinajstić information content (AvgIpc) is 3.39. The van der Waals surface area contributed by atoms with Gasteiger partial charge in [-0.3, -0.25) is 9.69 Å². The second-order valence-electron chi connectivity index (χ2n) is 8.33. The zero-order valence-corrected chi connectivity index (χ0v) is 23.2. The van der Waals surface area contributed by atoms with E-state index in [-0.39, 0.29) is 5.91 Å². The smallest absolute Gasteiger partial charge is 0.266 e. The molecule has 1 amide bonds. The summed E-state index contributed by atoms with van der Waals surface area (Å²) in [6.07, 6.45) is 15.4. The van der Waals surface area contributed by atoms with Crippen molar-refractivity contribution in [1.82, 2.24) is 4.90 Å². The Bertz CT molecular complexity index is 924. The average molecular weight is 500 g/mol. The van der Waals surface area contributed by atoms with Crippen LogP contribution in [0.1, 0.15) is 82.9 Å². The molecule has 1 N–H and O–H groups in total. The molecule has 1 heterocycles.